The molecular formula is C34H27N3O5S. The zero-order valence-corrected chi connectivity index (χ0v) is 23.9. The van der Waals surface area contributed by atoms with Crippen LogP contribution in [0.5, 0.6) is 0 Å². The first-order valence-electron chi connectivity index (χ1n) is 13.9. The van der Waals surface area contributed by atoms with Gasteiger partial charge in [0.05, 0.1) is 16.0 Å². The number of aryl methyl sites for hydroxylation is 1. The summed E-state index contributed by atoms with van der Waals surface area (Å²) in [7, 11) is 0. The zero-order chi connectivity index (χ0) is 29.8. The van der Waals surface area contributed by atoms with Gasteiger partial charge in [-0.2, -0.15) is 0 Å². The maximum Gasteiger partial charge on any atom is 0.339 e. The molecule has 0 spiro atoms. The molecule has 1 N–H and O–H groups in total. The lowest BCUT2D eigenvalue weighted by Crippen LogP contribution is -2.23. The highest BCUT2D eigenvalue weighted by Gasteiger charge is 2.28. The number of nitrogens with zero attached hydrogens (tertiary/aromatic N) is 2. The van der Waals surface area contributed by atoms with Gasteiger partial charge >= 0.3 is 5.97 Å². The molecule has 8 nitrogen and oxygen atoms in total. The highest BCUT2D eigenvalue weighted by molar-refractivity contribution is 7.99. The number of amides is 1. The Hall–Kier alpha value is -5.02. The van der Waals surface area contributed by atoms with E-state index in [4.69, 9.17) is 9.72 Å². The topological polar surface area (TPSA) is 111 Å². The average Bonchev–Trinajstić information content (AvgIpc) is 3.04. The van der Waals surface area contributed by atoms with Crippen molar-refractivity contribution in [3.8, 4) is 0 Å². The molecule has 1 amide bonds. The van der Waals surface area contributed by atoms with Crippen molar-refractivity contribution in [3.63, 3.8) is 0 Å². The number of rotatable bonds is 8. The fourth-order valence-electron chi connectivity index (χ4n) is 5.41. The van der Waals surface area contributed by atoms with E-state index >= 15 is 0 Å². The number of non-ortho nitro benzene ring substituents is 1. The molecule has 1 atom stereocenters. The third kappa shape index (κ3) is 6.42. The number of nitrogens with one attached hydrogen (secondary N) is 1. The normalized spacial score (nSPS) is 14.1. The molecule has 1 aliphatic carbocycles. The van der Waals surface area contributed by atoms with E-state index in [0.717, 1.165) is 44.8 Å². The molecule has 0 aliphatic heterocycles. The zero-order valence-electron chi connectivity index (χ0n) is 23.1. The quantitative estimate of drug-likeness (QED) is 0.114. The van der Waals surface area contributed by atoms with Gasteiger partial charge in [-0.1, -0.05) is 60.3 Å². The van der Waals surface area contributed by atoms with E-state index in [0.29, 0.717) is 17.7 Å². The van der Waals surface area contributed by atoms with Crippen molar-refractivity contribution < 1.29 is 19.2 Å². The van der Waals surface area contributed by atoms with E-state index in [-0.39, 0.29) is 11.6 Å². The second kappa shape index (κ2) is 12.5. The summed E-state index contributed by atoms with van der Waals surface area (Å²) >= 11 is 1.45. The molecule has 0 saturated heterocycles. The van der Waals surface area contributed by atoms with Crippen LogP contribution >= 0.6 is 11.8 Å². The minimum atomic E-state index is -0.534. The molecule has 5 aromatic rings. The van der Waals surface area contributed by atoms with Gasteiger partial charge in [-0.05, 0) is 78.8 Å². The van der Waals surface area contributed by atoms with Crippen molar-refractivity contribution in [1.82, 2.24) is 4.98 Å². The second-order valence-corrected chi connectivity index (χ2v) is 11.4. The van der Waals surface area contributed by atoms with Crippen molar-refractivity contribution >= 4 is 45.9 Å². The van der Waals surface area contributed by atoms with Crippen LogP contribution in [0, 0.1) is 10.1 Å². The molecule has 0 fully saturated rings. The van der Waals surface area contributed by atoms with Crippen molar-refractivity contribution in [2.24, 2.45) is 0 Å². The summed E-state index contributed by atoms with van der Waals surface area (Å²) in [6.07, 6.45) is 2.39. The third-order valence-corrected chi connectivity index (χ3v) is 8.51. The van der Waals surface area contributed by atoms with Crippen LogP contribution in [-0.2, 0) is 22.4 Å². The number of hydrogen-bond acceptors (Lipinski definition) is 7. The van der Waals surface area contributed by atoms with Crippen molar-refractivity contribution in [2.75, 3.05) is 11.9 Å². The number of nitro benzene ring substituents is 1. The van der Waals surface area contributed by atoms with Gasteiger partial charge in [0.1, 0.15) is 0 Å². The number of carbonyl (C=O) groups is 2. The van der Waals surface area contributed by atoms with Crippen LogP contribution in [0.4, 0.5) is 11.4 Å². The lowest BCUT2D eigenvalue weighted by molar-refractivity contribution is -0.384. The minimum absolute atomic E-state index is 0.0384. The number of nitro groups is 1. The van der Waals surface area contributed by atoms with Crippen LogP contribution in [0.1, 0.15) is 39.5 Å². The van der Waals surface area contributed by atoms with E-state index in [1.807, 2.05) is 54.6 Å². The van der Waals surface area contributed by atoms with Gasteiger partial charge in [-0.15, -0.1) is 0 Å². The van der Waals surface area contributed by atoms with Gasteiger partial charge in [-0.25, -0.2) is 4.79 Å². The number of fused-ring (bicyclic) bond motifs is 2. The third-order valence-electron chi connectivity index (χ3n) is 7.49. The smallest absolute Gasteiger partial charge is 0.339 e. The highest BCUT2D eigenvalue weighted by Crippen LogP contribution is 2.36. The van der Waals surface area contributed by atoms with Crippen LogP contribution in [0.2, 0.25) is 0 Å². The summed E-state index contributed by atoms with van der Waals surface area (Å²) < 4.78 is 5.58. The molecule has 1 aliphatic rings. The molecule has 0 radical (unpaired) electrons. The van der Waals surface area contributed by atoms with E-state index in [1.54, 1.807) is 24.3 Å². The summed E-state index contributed by atoms with van der Waals surface area (Å²) in [5.41, 5.74) is 4.86. The van der Waals surface area contributed by atoms with E-state index in [2.05, 4.69) is 17.4 Å². The Morgan fingerprint density at radius 3 is 2.30 bits per heavy atom. The van der Waals surface area contributed by atoms with Crippen LogP contribution in [-0.4, -0.2) is 28.4 Å². The molecule has 43 heavy (non-hydrogen) atoms. The number of ether oxygens (including phenoxy) is 1. The van der Waals surface area contributed by atoms with Gasteiger partial charge < -0.3 is 10.1 Å². The molecule has 0 bridgehead atoms. The minimum Gasteiger partial charge on any atom is -0.452 e. The van der Waals surface area contributed by atoms with Crippen molar-refractivity contribution in [3.05, 3.63) is 136 Å². The Morgan fingerprint density at radius 1 is 0.907 bits per heavy atom. The average molecular weight is 590 g/mol. The Labute approximate surface area is 252 Å². The lowest BCUT2D eigenvalue weighted by Gasteiger charge is -2.26. The number of anilines is 1. The first-order chi connectivity index (χ1) is 20.9. The van der Waals surface area contributed by atoms with E-state index in [9.17, 15) is 19.7 Å². The summed E-state index contributed by atoms with van der Waals surface area (Å²) in [4.78, 5) is 43.3. The highest BCUT2D eigenvalue weighted by atomic mass is 32.2. The summed E-state index contributed by atoms with van der Waals surface area (Å²) in [6.45, 7) is -0.425. The molecule has 1 unspecified atom stereocenters. The maximum atomic E-state index is 13.5. The number of benzene rings is 4. The molecule has 1 heterocycles. The predicted octanol–water partition coefficient (Wildman–Crippen LogP) is 7.36. The van der Waals surface area contributed by atoms with Gasteiger partial charge in [0.2, 0.25) is 0 Å². The standard InChI is InChI=1S/C34H27N3O5S/c38-32(35-24-11-15-26(16-12-24)43-27-17-13-25(14-18-27)37(40)41)21-42-34(39)33-28-8-4-5-9-30(28)36-31-19-10-23(20-29(31)33)22-6-2-1-3-7-22/h1-9,11-18,23H,10,19-21H2,(H,35,38). The van der Waals surface area contributed by atoms with Crippen LogP contribution in [0.15, 0.2) is 113 Å². The number of hydrogen-bond donors (Lipinski definition) is 1. The SMILES string of the molecule is O=C(COC(=O)c1c2c(nc3ccccc13)CCC(c1ccccc1)C2)Nc1ccc(Sc2ccc([N+](=O)[O-])cc2)cc1. The summed E-state index contributed by atoms with van der Waals surface area (Å²) in [6, 6.07) is 31.3. The number of esters is 1. The largest absolute Gasteiger partial charge is 0.452 e. The number of pyridine rings is 1. The second-order valence-electron chi connectivity index (χ2n) is 10.3. The van der Waals surface area contributed by atoms with Gasteiger partial charge in [-0.3, -0.25) is 19.9 Å². The monoisotopic (exact) mass is 589 g/mol. The molecule has 9 heteroatoms. The Bertz CT molecular complexity index is 1810. The Morgan fingerprint density at radius 2 is 1.58 bits per heavy atom. The molecule has 0 saturated carbocycles. The van der Waals surface area contributed by atoms with Crippen LogP contribution < -0.4 is 5.32 Å². The van der Waals surface area contributed by atoms with Crippen LogP contribution in [0.3, 0.4) is 0 Å². The lowest BCUT2D eigenvalue weighted by atomic mass is 9.80. The summed E-state index contributed by atoms with van der Waals surface area (Å²) in [5.74, 6) is -0.708. The molecule has 214 valence electrons. The molecule has 6 rings (SSSR count). The van der Waals surface area contributed by atoms with Crippen molar-refractivity contribution in [2.45, 2.75) is 35.0 Å². The first kappa shape index (κ1) is 28.1. The van der Waals surface area contributed by atoms with Crippen molar-refractivity contribution in [1.29, 1.82) is 0 Å². The number of carbonyl (C=O) groups excluding carboxylic acids is 2. The molecular weight excluding hydrogens is 562 g/mol. The molecule has 4 aromatic carbocycles. The van der Waals surface area contributed by atoms with E-state index < -0.39 is 23.4 Å². The fourth-order valence-corrected chi connectivity index (χ4v) is 6.23. The van der Waals surface area contributed by atoms with E-state index in [1.165, 1.54) is 29.5 Å². The van der Waals surface area contributed by atoms with Gasteiger partial charge in [0.25, 0.3) is 11.6 Å². The van der Waals surface area contributed by atoms with Gasteiger partial charge in [0.15, 0.2) is 6.61 Å². The number of para-hydroxylation sites is 1. The maximum absolute atomic E-state index is 13.5. The van der Waals surface area contributed by atoms with Gasteiger partial charge in [0, 0.05) is 38.7 Å². The summed E-state index contributed by atoms with van der Waals surface area (Å²) in [5, 5.41) is 14.4. The Kier molecular flexibility index (Phi) is 8.15. The van der Waals surface area contributed by atoms with Crippen LogP contribution in [0.25, 0.3) is 10.9 Å². The fraction of sp³-hybridized carbons (Fsp3) is 0.147. The molecule has 1 aromatic heterocycles. The number of aromatic nitrogens is 1. The first-order valence-corrected chi connectivity index (χ1v) is 14.7. The Balaban J connectivity index is 1.12. The predicted molar refractivity (Wildman–Crippen MR) is 166 cm³/mol.